The van der Waals surface area contributed by atoms with Gasteiger partial charge >= 0.3 is 5.97 Å². The van der Waals surface area contributed by atoms with E-state index in [0.29, 0.717) is 12.0 Å². The summed E-state index contributed by atoms with van der Waals surface area (Å²) in [7, 11) is 0. The van der Waals surface area contributed by atoms with E-state index in [1.54, 1.807) is 6.92 Å². The van der Waals surface area contributed by atoms with Crippen molar-refractivity contribution in [1.82, 2.24) is 0 Å². The molecule has 108 valence electrons. The Hall–Kier alpha value is -2.35. The van der Waals surface area contributed by atoms with Gasteiger partial charge in [0.1, 0.15) is 0 Å². The number of hydrogen-bond donors (Lipinski definition) is 1. The second-order valence-corrected chi connectivity index (χ2v) is 5.40. The monoisotopic (exact) mass is 280 g/mol. The molecule has 2 aromatic carbocycles. The molecular formula is C19H20O2. The maximum atomic E-state index is 10.9. The second kappa shape index (κ2) is 6.40. The molecule has 0 radical (unpaired) electrons. The minimum atomic E-state index is -0.843. The van der Waals surface area contributed by atoms with Gasteiger partial charge in [-0.05, 0) is 49.4 Å². The molecule has 0 atom stereocenters. The number of benzene rings is 2. The fourth-order valence-corrected chi connectivity index (χ4v) is 2.32. The topological polar surface area (TPSA) is 37.3 Å². The number of carbonyl (C=O) groups is 1. The number of carboxylic acids is 1. The molecule has 2 nitrogen and oxygen atoms in total. The highest BCUT2D eigenvalue weighted by Gasteiger charge is 2.06. The van der Waals surface area contributed by atoms with Crippen molar-refractivity contribution >= 4 is 5.97 Å². The maximum Gasteiger partial charge on any atom is 0.331 e. The van der Waals surface area contributed by atoms with Crippen LogP contribution in [0.5, 0.6) is 0 Å². The van der Waals surface area contributed by atoms with Crippen LogP contribution in [0.3, 0.4) is 0 Å². The van der Waals surface area contributed by atoms with E-state index in [1.807, 2.05) is 19.1 Å². The Morgan fingerprint density at radius 1 is 1.00 bits per heavy atom. The minimum absolute atomic E-state index is 0.429. The van der Waals surface area contributed by atoms with E-state index in [-0.39, 0.29) is 0 Å². The highest BCUT2D eigenvalue weighted by atomic mass is 16.4. The summed E-state index contributed by atoms with van der Waals surface area (Å²) in [5, 5.41) is 9.00. The predicted molar refractivity (Wildman–Crippen MR) is 86.3 cm³/mol. The lowest BCUT2D eigenvalue weighted by Gasteiger charge is -2.08. The van der Waals surface area contributed by atoms with Crippen LogP contribution in [0.25, 0.3) is 11.1 Å². The lowest BCUT2D eigenvalue weighted by atomic mass is 9.97. The third-order valence-corrected chi connectivity index (χ3v) is 3.84. The normalized spacial score (nSPS) is 12.0. The van der Waals surface area contributed by atoms with Crippen LogP contribution in [0.1, 0.15) is 25.0 Å². The third kappa shape index (κ3) is 3.60. The van der Waals surface area contributed by atoms with Gasteiger partial charge in [0.2, 0.25) is 0 Å². The minimum Gasteiger partial charge on any atom is -0.478 e. The fourth-order valence-electron chi connectivity index (χ4n) is 2.32. The van der Waals surface area contributed by atoms with Gasteiger partial charge in [0, 0.05) is 5.57 Å². The van der Waals surface area contributed by atoms with Gasteiger partial charge in [-0.25, -0.2) is 4.79 Å². The van der Waals surface area contributed by atoms with Gasteiger partial charge in [0.25, 0.3) is 0 Å². The Bertz CT molecular complexity index is 679. The molecule has 0 saturated heterocycles. The maximum absolute atomic E-state index is 10.9. The number of allylic oxidation sites excluding steroid dienone is 1. The van der Waals surface area contributed by atoms with Crippen molar-refractivity contribution in [2.45, 2.75) is 27.2 Å². The number of rotatable bonds is 4. The molecule has 21 heavy (non-hydrogen) atoms. The Balaban J connectivity index is 2.23. The summed E-state index contributed by atoms with van der Waals surface area (Å²) in [4.78, 5) is 10.9. The molecule has 0 spiro atoms. The molecule has 2 aromatic rings. The predicted octanol–water partition coefficient (Wildman–Crippen LogP) is 4.63. The molecule has 2 heteroatoms. The number of carboxylic acid groups (broad SMARTS) is 1. The molecule has 0 aliphatic carbocycles. The zero-order valence-corrected chi connectivity index (χ0v) is 12.7. The highest BCUT2D eigenvalue weighted by molar-refractivity contribution is 5.86. The molecule has 0 heterocycles. The van der Waals surface area contributed by atoms with Crippen LogP contribution < -0.4 is 0 Å². The van der Waals surface area contributed by atoms with E-state index in [0.717, 1.165) is 11.1 Å². The smallest absolute Gasteiger partial charge is 0.331 e. The Morgan fingerprint density at radius 2 is 1.62 bits per heavy atom. The summed E-state index contributed by atoms with van der Waals surface area (Å²) in [6.45, 7) is 5.63. The number of aryl methyl sites for hydroxylation is 1. The van der Waals surface area contributed by atoms with Gasteiger partial charge < -0.3 is 5.11 Å². The molecular weight excluding hydrogens is 260 g/mol. The summed E-state index contributed by atoms with van der Waals surface area (Å²) < 4.78 is 0. The summed E-state index contributed by atoms with van der Waals surface area (Å²) in [5.41, 5.74) is 6.13. The average molecular weight is 280 g/mol. The molecule has 0 fully saturated rings. The lowest BCUT2D eigenvalue weighted by molar-refractivity contribution is -0.132. The highest BCUT2D eigenvalue weighted by Crippen LogP contribution is 2.24. The molecule has 0 aliphatic heterocycles. The van der Waals surface area contributed by atoms with Crippen LogP contribution in [0.15, 0.2) is 59.7 Å². The summed E-state index contributed by atoms with van der Waals surface area (Å²) >= 11 is 0. The van der Waals surface area contributed by atoms with E-state index in [4.69, 9.17) is 5.11 Å². The number of aliphatic carboxylic acids is 1. The molecule has 0 unspecified atom stereocenters. The summed E-state index contributed by atoms with van der Waals surface area (Å²) in [6, 6.07) is 16.6. The first-order valence-electron chi connectivity index (χ1n) is 7.03. The van der Waals surface area contributed by atoms with Crippen LogP contribution >= 0.6 is 0 Å². The zero-order chi connectivity index (χ0) is 15.4. The average Bonchev–Trinajstić information content (AvgIpc) is 2.47. The molecule has 0 bridgehead atoms. The first-order valence-corrected chi connectivity index (χ1v) is 7.03. The largest absolute Gasteiger partial charge is 0.478 e. The van der Waals surface area contributed by atoms with Crippen molar-refractivity contribution in [1.29, 1.82) is 0 Å². The molecule has 0 aliphatic rings. The summed E-state index contributed by atoms with van der Waals surface area (Å²) in [5.74, 6) is -0.843. The molecule has 0 saturated carbocycles. The van der Waals surface area contributed by atoms with Gasteiger partial charge in [-0.15, -0.1) is 0 Å². The van der Waals surface area contributed by atoms with Crippen molar-refractivity contribution in [3.05, 3.63) is 70.8 Å². The van der Waals surface area contributed by atoms with Crippen LogP contribution in [0.4, 0.5) is 0 Å². The Kier molecular flexibility index (Phi) is 4.59. The van der Waals surface area contributed by atoms with E-state index < -0.39 is 5.97 Å². The van der Waals surface area contributed by atoms with Crippen molar-refractivity contribution in [2.75, 3.05) is 0 Å². The van der Waals surface area contributed by atoms with Crippen molar-refractivity contribution in [3.63, 3.8) is 0 Å². The van der Waals surface area contributed by atoms with Gasteiger partial charge in [-0.1, -0.05) is 54.1 Å². The third-order valence-electron chi connectivity index (χ3n) is 3.84. The van der Waals surface area contributed by atoms with E-state index in [2.05, 4.69) is 43.3 Å². The second-order valence-electron chi connectivity index (χ2n) is 5.40. The lowest BCUT2D eigenvalue weighted by Crippen LogP contribution is -2.01. The Morgan fingerprint density at radius 3 is 2.19 bits per heavy atom. The quantitative estimate of drug-likeness (QED) is 0.829. The van der Waals surface area contributed by atoms with Crippen LogP contribution in [0, 0.1) is 6.92 Å². The SMILES string of the molecule is CC(Cc1ccc(-c2ccccc2C)cc1)=C(C)C(=O)O. The molecule has 2 rings (SSSR count). The Labute approximate surface area is 125 Å². The van der Waals surface area contributed by atoms with Crippen LogP contribution in [-0.2, 0) is 11.2 Å². The number of hydrogen-bond acceptors (Lipinski definition) is 1. The van der Waals surface area contributed by atoms with Gasteiger partial charge in [-0.3, -0.25) is 0 Å². The van der Waals surface area contributed by atoms with E-state index >= 15 is 0 Å². The summed E-state index contributed by atoms with van der Waals surface area (Å²) in [6.07, 6.45) is 0.673. The van der Waals surface area contributed by atoms with E-state index in [9.17, 15) is 4.79 Å². The van der Waals surface area contributed by atoms with Crippen molar-refractivity contribution < 1.29 is 9.90 Å². The van der Waals surface area contributed by atoms with Gasteiger partial charge in [-0.2, -0.15) is 0 Å². The fraction of sp³-hybridized carbons (Fsp3) is 0.211. The van der Waals surface area contributed by atoms with Gasteiger partial charge in [0.05, 0.1) is 0 Å². The van der Waals surface area contributed by atoms with E-state index in [1.165, 1.54) is 16.7 Å². The zero-order valence-electron chi connectivity index (χ0n) is 12.7. The first-order chi connectivity index (χ1) is 9.99. The van der Waals surface area contributed by atoms with Crippen molar-refractivity contribution in [3.8, 4) is 11.1 Å². The van der Waals surface area contributed by atoms with Gasteiger partial charge in [0.15, 0.2) is 0 Å². The van der Waals surface area contributed by atoms with Crippen LogP contribution in [0.2, 0.25) is 0 Å². The molecule has 0 aromatic heterocycles. The standard InChI is InChI=1S/C19H20O2/c1-13-6-4-5-7-18(13)17-10-8-16(9-11-17)12-14(2)15(3)19(20)21/h4-11H,12H2,1-3H3,(H,20,21). The first kappa shape index (κ1) is 15.0. The molecule has 1 N–H and O–H groups in total. The van der Waals surface area contributed by atoms with Crippen molar-refractivity contribution in [2.24, 2.45) is 0 Å². The van der Waals surface area contributed by atoms with Crippen LogP contribution in [-0.4, -0.2) is 11.1 Å². The molecule has 0 amide bonds.